The van der Waals surface area contributed by atoms with E-state index in [1.54, 1.807) is 0 Å². The Kier molecular flexibility index (Phi) is 11.9. The van der Waals surface area contributed by atoms with Crippen molar-refractivity contribution >= 4 is 5.91 Å². The number of primary amides is 1. The number of rotatable bonds is 0. The lowest BCUT2D eigenvalue weighted by Crippen LogP contribution is -2.28. The smallest absolute Gasteiger partial charge is 0.214 e. The molecule has 4 nitrogen and oxygen atoms in total. The van der Waals surface area contributed by atoms with Gasteiger partial charge in [-0.25, -0.2) is 0 Å². The van der Waals surface area contributed by atoms with Gasteiger partial charge in [-0.15, -0.1) is 0 Å². The third kappa shape index (κ3) is 11.4. The second-order valence-corrected chi connectivity index (χ2v) is 3.03. The minimum atomic E-state index is -0.441. The molecule has 0 aliphatic heterocycles. The highest BCUT2D eigenvalue weighted by Crippen LogP contribution is 2.17. The molecule has 1 amide bonds. The molecule has 0 aromatic heterocycles. The number of aliphatic hydroxyl groups excluding tert-OH is 2. The van der Waals surface area contributed by atoms with Gasteiger partial charge in [-0.2, -0.15) is 0 Å². The van der Waals surface area contributed by atoms with Crippen LogP contribution >= 0.6 is 0 Å². The molecule has 0 heterocycles. The SMILES string of the molecule is CC.CC(N)=O.OC1CCCCC1O. The number of hydrogen-bond acceptors (Lipinski definition) is 3. The van der Waals surface area contributed by atoms with E-state index in [-0.39, 0.29) is 5.91 Å². The minimum Gasteiger partial charge on any atom is -0.390 e. The Bertz CT molecular complexity index is 125. The monoisotopic (exact) mass is 205 g/mol. The van der Waals surface area contributed by atoms with Gasteiger partial charge < -0.3 is 15.9 Å². The average Bonchev–Trinajstić information content (AvgIpc) is 2.13. The molecule has 14 heavy (non-hydrogen) atoms. The minimum absolute atomic E-state index is 0.333. The number of aliphatic hydroxyl groups is 2. The molecule has 1 rings (SSSR count). The van der Waals surface area contributed by atoms with E-state index < -0.39 is 12.2 Å². The van der Waals surface area contributed by atoms with E-state index in [4.69, 9.17) is 10.2 Å². The van der Waals surface area contributed by atoms with Crippen molar-refractivity contribution < 1.29 is 15.0 Å². The fourth-order valence-electron chi connectivity index (χ4n) is 1.09. The number of nitrogens with two attached hydrogens (primary N) is 1. The zero-order valence-corrected chi connectivity index (χ0v) is 9.36. The lowest BCUT2D eigenvalue weighted by molar-refractivity contribution is -0.115. The predicted octanol–water partition coefficient (Wildman–Crippen LogP) is 0.800. The summed E-state index contributed by atoms with van der Waals surface area (Å²) < 4.78 is 0. The normalized spacial score (nSPS) is 24.9. The van der Waals surface area contributed by atoms with Crippen LogP contribution in [0.1, 0.15) is 46.5 Å². The van der Waals surface area contributed by atoms with Crippen LogP contribution in [0.2, 0.25) is 0 Å². The molecule has 0 aromatic carbocycles. The van der Waals surface area contributed by atoms with Crippen molar-refractivity contribution in [1.29, 1.82) is 0 Å². The Balaban J connectivity index is 0. The molecule has 0 spiro atoms. The molecule has 0 bridgehead atoms. The van der Waals surface area contributed by atoms with Gasteiger partial charge in [0.25, 0.3) is 0 Å². The van der Waals surface area contributed by atoms with E-state index in [1.807, 2.05) is 13.8 Å². The maximum absolute atomic E-state index is 9.22. The van der Waals surface area contributed by atoms with Crippen molar-refractivity contribution in [3.8, 4) is 0 Å². The van der Waals surface area contributed by atoms with Crippen LogP contribution in [0.4, 0.5) is 0 Å². The molecule has 4 heteroatoms. The molecule has 2 unspecified atom stereocenters. The summed E-state index contributed by atoms with van der Waals surface area (Å²) in [7, 11) is 0. The maximum atomic E-state index is 9.22. The van der Waals surface area contributed by atoms with Crippen LogP contribution in [0, 0.1) is 0 Å². The Hall–Kier alpha value is -0.610. The highest BCUT2D eigenvalue weighted by molar-refractivity contribution is 5.70. The second-order valence-electron chi connectivity index (χ2n) is 3.03. The molecular weight excluding hydrogens is 182 g/mol. The predicted molar refractivity (Wildman–Crippen MR) is 56.7 cm³/mol. The number of carbonyl (C=O) groups excluding carboxylic acids is 1. The fourth-order valence-corrected chi connectivity index (χ4v) is 1.09. The summed E-state index contributed by atoms with van der Waals surface area (Å²) in [5.74, 6) is -0.333. The van der Waals surface area contributed by atoms with E-state index in [9.17, 15) is 4.79 Å². The van der Waals surface area contributed by atoms with E-state index >= 15 is 0 Å². The van der Waals surface area contributed by atoms with Crippen LogP contribution in [-0.4, -0.2) is 28.3 Å². The molecule has 0 saturated heterocycles. The molecule has 2 atom stereocenters. The molecule has 4 N–H and O–H groups in total. The summed E-state index contributed by atoms with van der Waals surface area (Å²) in [6.45, 7) is 5.31. The van der Waals surface area contributed by atoms with Gasteiger partial charge in [-0.3, -0.25) is 4.79 Å². The van der Waals surface area contributed by atoms with Crippen molar-refractivity contribution in [3.63, 3.8) is 0 Å². The summed E-state index contributed by atoms with van der Waals surface area (Å²) in [5.41, 5.74) is 4.47. The summed E-state index contributed by atoms with van der Waals surface area (Å²) in [6, 6.07) is 0. The Morgan fingerprint density at radius 3 is 1.50 bits per heavy atom. The Morgan fingerprint density at radius 2 is 1.36 bits per heavy atom. The first kappa shape index (κ1) is 15.8. The van der Waals surface area contributed by atoms with Gasteiger partial charge in [0, 0.05) is 6.92 Å². The third-order valence-corrected chi connectivity index (χ3v) is 1.69. The van der Waals surface area contributed by atoms with Crippen LogP contribution in [0.25, 0.3) is 0 Å². The second kappa shape index (κ2) is 10.5. The molecule has 86 valence electrons. The Labute approximate surface area is 86.1 Å². The van der Waals surface area contributed by atoms with E-state index in [0.29, 0.717) is 0 Å². The van der Waals surface area contributed by atoms with Crippen LogP contribution < -0.4 is 5.73 Å². The number of amides is 1. The van der Waals surface area contributed by atoms with Crippen molar-refractivity contribution in [1.82, 2.24) is 0 Å². The zero-order chi connectivity index (χ0) is 11.6. The lowest BCUT2D eigenvalue weighted by Gasteiger charge is -2.22. The topological polar surface area (TPSA) is 83.6 Å². The summed E-state index contributed by atoms with van der Waals surface area (Å²) in [4.78, 5) is 9.22. The van der Waals surface area contributed by atoms with Crippen molar-refractivity contribution in [2.75, 3.05) is 0 Å². The average molecular weight is 205 g/mol. The summed E-state index contributed by atoms with van der Waals surface area (Å²) in [5, 5.41) is 17.9. The molecule has 1 aliphatic carbocycles. The van der Waals surface area contributed by atoms with E-state index in [2.05, 4.69) is 5.73 Å². The molecule has 1 fully saturated rings. The quantitative estimate of drug-likeness (QED) is 0.547. The lowest BCUT2D eigenvalue weighted by atomic mass is 9.95. The molecule has 0 radical (unpaired) electrons. The molecule has 1 aliphatic rings. The first-order valence-corrected chi connectivity index (χ1v) is 5.16. The number of carbonyl (C=O) groups is 1. The van der Waals surface area contributed by atoms with Crippen LogP contribution in [-0.2, 0) is 4.79 Å². The van der Waals surface area contributed by atoms with E-state index in [0.717, 1.165) is 25.7 Å². The fraction of sp³-hybridized carbons (Fsp3) is 0.900. The van der Waals surface area contributed by atoms with Gasteiger partial charge in [0.1, 0.15) is 0 Å². The van der Waals surface area contributed by atoms with Crippen molar-refractivity contribution in [2.45, 2.75) is 58.7 Å². The maximum Gasteiger partial charge on any atom is 0.214 e. The van der Waals surface area contributed by atoms with Crippen LogP contribution in [0.5, 0.6) is 0 Å². The van der Waals surface area contributed by atoms with Gasteiger partial charge >= 0.3 is 0 Å². The third-order valence-electron chi connectivity index (χ3n) is 1.69. The van der Waals surface area contributed by atoms with Gasteiger partial charge in [-0.1, -0.05) is 26.7 Å². The standard InChI is InChI=1S/C6H12O2.C2H5NO.C2H6/c7-5-3-1-2-4-6(5)8;1-2(3)4;1-2/h5-8H,1-4H2;1H3,(H2,3,4);1-2H3. The Morgan fingerprint density at radius 1 is 1.14 bits per heavy atom. The summed E-state index contributed by atoms with van der Waals surface area (Å²) >= 11 is 0. The highest BCUT2D eigenvalue weighted by Gasteiger charge is 2.19. The molecule has 0 aromatic rings. The first-order valence-electron chi connectivity index (χ1n) is 5.16. The molecule has 1 saturated carbocycles. The van der Waals surface area contributed by atoms with Crippen molar-refractivity contribution in [3.05, 3.63) is 0 Å². The zero-order valence-electron chi connectivity index (χ0n) is 9.36. The van der Waals surface area contributed by atoms with Crippen LogP contribution in [0.3, 0.4) is 0 Å². The van der Waals surface area contributed by atoms with Gasteiger partial charge in [0.2, 0.25) is 5.91 Å². The van der Waals surface area contributed by atoms with E-state index in [1.165, 1.54) is 6.92 Å². The van der Waals surface area contributed by atoms with Crippen molar-refractivity contribution in [2.24, 2.45) is 5.73 Å². The largest absolute Gasteiger partial charge is 0.390 e. The summed E-state index contributed by atoms with van der Waals surface area (Å²) in [6.07, 6.45) is 2.81. The molecular formula is C10H23NO3. The van der Waals surface area contributed by atoms with Gasteiger partial charge in [0.05, 0.1) is 12.2 Å². The number of hydrogen-bond donors (Lipinski definition) is 3. The first-order chi connectivity index (χ1) is 6.54. The van der Waals surface area contributed by atoms with Crippen LogP contribution in [0.15, 0.2) is 0 Å². The van der Waals surface area contributed by atoms with Gasteiger partial charge in [-0.05, 0) is 12.8 Å². The highest BCUT2D eigenvalue weighted by atomic mass is 16.3. The van der Waals surface area contributed by atoms with Gasteiger partial charge in [0.15, 0.2) is 0 Å².